The Morgan fingerprint density at radius 2 is 2.00 bits per heavy atom. The summed E-state index contributed by atoms with van der Waals surface area (Å²) in [5.74, 6) is 0. The number of nitrogens with one attached hydrogen (secondary N) is 1. The minimum absolute atomic E-state index is 0.0371. The summed E-state index contributed by atoms with van der Waals surface area (Å²) in [4.78, 5) is 14.3. The van der Waals surface area contributed by atoms with Gasteiger partial charge in [0, 0.05) is 24.2 Å². The molecular weight excluding hydrogens is 288 g/mol. The first-order chi connectivity index (χ1) is 9.98. The molecule has 0 radical (unpaired) electrons. The highest BCUT2D eigenvalue weighted by Crippen LogP contribution is 2.26. The van der Waals surface area contributed by atoms with Gasteiger partial charge in [-0.25, -0.2) is 8.42 Å². The molecule has 1 N–H and O–H groups in total. The van der Waals surface area contributed by atoms with Gasteiger partial charge in [0.15, 0.2) is 0 Å². The van der Waals surface area contributed by atoms with Crippen LogP contribution in [0.2, 0.25) is 0 Å². The van der Waals surface area contributed by atoms with Gasteiger partial charge in [-0.1, -0.05) is 6.42 Å². The maximum absolute atomic E-state index is 12.8. The second-order valence-corrected chi connectivity index (χ2v) is 7.42. The molecular formula is C15H18N2O3S. The zero-order valence-corrected chi connectivity index (χ0v) is 12.7. The van der Waals surface area contributed by atoms with E-state index in [9.17, 15) is 13.2 Å². The van der Waals surface area contributed by atoms with Crippen LogP contribution >= 0.6 is 0 Å². The Hall–Kier alpha value is -1.66. The number of rotatable bonds is 2. The Balaban J connectivity index is 2.06. The molecule has 1 fully saturated rings. The summed E-state index contributed by atoms with van der Waals surface area (Å²) in [7, 11) is -3.47. The highest BCUT2D eigenvalue weighted by Gasteiger charge is 2.30. The highest BCUT2D eigenvalue weighted by atomic mass is 32.2. The first-order valence-corrected chi connectivity index (χ1v) is 8.57. The zero-order chi connectivity index (χ0) is 15.0. The van der Waals surface area contributed by atoms with E-state index < -0.39 is 10.0 Å². The van der Waals surface area contributed by atoms with Crippen molar-refractivity contribution in [3.8, 4) is 0 Å². The van der Waals surface area contributed by atoms with Gasteiger partial charge in [0.05, 0.1) is 4.90 Å². The molecule has 1 atom stereocenters. The Morgan fingerprint density at radius 3 is 2.76 bits per heavy atom. The molecule has 3 rings (SSSR count). The van der Waals surface area contributed by atoms with Crippen molar-refractivity contribution in [2.45, 2.75) is 37.1 Å². The average Bonchev–Trinajstić information content (AvgIpc) is 2.47. The van der Waals surface area contributed by atoms with Gasteiger partial charge in [-0.2, -0.15) is 4.31 Å². The average molecular weight is 306 g/mol. The van der Waals surface area contributed by atoms with Crippen LogP contribution < -0.4 is 5.56 Å². The first-order valence-electron chi connectivity index (χ1n) is 7.13. The zero-order valence-electron chi connectivity index (χ0n) is 11.9. The molecule has 0 spiro atoms. The van der Waals surface area contributed by atoms with Crippen molar-refractivity contribution in [2.24, 2.45) is 0 Å². The Bertz CT molecular complexity index is 826. The van der Waals surface area contributed by atoms with Gasteiger partial charge in [0.25, 0.3) is 0 Å². The Labute approximate surface area is 123 Å². The maximum Gasteiger partial charge on any atom is 0.248 e. The van der Waals surface area contributed by atoms with Gasteiger partial charge in [0.1, 0.15) is 0 Å². The minimum Gasteiger partial charge on any atom is -0.322 e. The van der Waals surface area contributed by atoms with Crippen LogP contribution in [0, 0.1) is 0 Å². The van der Waals surface area contributed by atoms with Crippen molar-refractivity contribution < 1.29 is 8.42 Å². The lowest BCUT2D eigenvalue weighted by Gasteiger charge is -2.32. The normalized spacial score (nSPS) is 20.7. The molecule has 1 aromatic heterocycles. The van der Waals surface area contributed by atoms with E-state index in [4.69, 9.17) is 0 Å². The van der Waals surface area contributed by atoms with Crippen molar-refractivity contribution in [1.82, 2.24) is 9.29 Å². The van der Waals surface area contributed by atoms with Crippen molar-refractivity contribution in [2.75, 3.05) is 6.54 Å². The Kier molecular flexibility index (Phi) is 3.59. The smallest absolute Gasteiger partial charge is 0.248 e. The second-order valence-electron chi connectivity index (χ2n) is 5.53. The summed E-state index contributed by atoms with van der Waals surface area (Å²) in [6, 6.07) is 7.93. The molecule has 0 bridgehead atoms. The summed E-state index contributed by atoms with van der Waals surface area (Å²) < 4.78 is 27.1. The van der Waals surface area contributed by atoms with E-state index >= 15 is 0 Å². The molecule has 1 aromatic carbocycles. The number of pyridine rings is 1. The van der Waals surface area contributed by atoms with E-state index in [1.807, 2.05) is 6.92 Å². The van der Waals surface area contributed by atoms with E-state index in [0.717, 1.165) is 24.6 Å². The van der Waals surface area contributed by atoms with E-state index in [2.05, 4.69) is 4.98 Å². The molecule has 21 heavy (non-hydrogen) atoms. The minimum atomic E-state index is -3.47. The lowest BCUT2D eigenvalue weighted by atomic mass is 10.1. The van der Waals surface area contributed by atoms with Crippen LogP contribution in [-0.4, -0.2) is 30.3 Å². The summed E-state index contributed by atoms with van der Waals surface area (Å²) in [5, 5.41) is 0.723. The third-order valence-corrected chi connectivity index (χ3v) is 6.05. The number of hydrogen-bond donors (Lipinski definition) is 1. The predicted molar refractivity (Wildman–Crippen MR) is 81.8 cm³/mol. The van der Waals surface area contributed by atoms with E-state index in [1.54, 1.807) is 28.6 Å². The number of aromatic nitrogens is 1. The van der Waals surface area contributed by atoms with Crippen LogP contribution in [0.3, 0.4) is 0 Å². The molecule has 1 unspecified atom stereocenters. The molecule has 112 valence electrons. The topological polar surface area (TPSA) is 70.2 Å². The fraction of sp³-hybridized carbons (Fsp3) is 0.400. The Morgan fingerprint density at radius 1 is 1.19 bits per heavy atom. The third kappa shape index (κ3) is 2.61. The molecule has 2 heterocycles. The fourth-order valence-electron chi connectivity index (χ4n) is 2.86. The monoisotopic (exact) mass is 306 g/mol. The summed E-state index contributed by atoms with van der Waals surface area (Å²) >= 11 is 0. The van der Waals surface area contributed by atoms with E-state index in [1.165, 1.54) is 6.07 Å². The van der Waals surface area contributed by atoms with Crippen molar-refractivity contribution >= 4 is 20.9 Å². The number of sulfonamides is 1. The molecule has 1 saturated heterocycles. The number of benzene rings is 1. The fourth-order valence-corrected chi connectivity index (χ4v) is 4.59. The summed E-state index contributed by atoms with van der Waals surface area (Å²) in [5.41, 5.74) is 0.455. The van der Waals surface area contributed by atoms with E-state index in [-0.39, 0.29) is 16.5 Å². The van der Waals surface area contributed by atoms with Gasteiger partial charge in [-0.3, -0.25) is 4.79 Å². The van der Waals surface area contributed by atoms with Crippen LogP contribution in [-0.2, 0) is 10.0 Å². The SMILES string of the molecule is CC1CCCCN1S(=O)(=O)c1ccc2[nH]c(=O)ccc2c1. The molecule has 0 aliphatic carbocycles. The van der Waals surface area contributed by atoms with Gasteiger partial charge in [-0.15, -0.1) is 0 Å². The first kappa shape index (κ1) is 14.3. The molecule has 0 amide bonds. The lowest BCUT2D eigenvalue weighted by Crippen LogP contribution is -2.41. The lowest BCUT2D eigenvalue weighted by molar-refractivity contribution is 0.268. The maximum atomic E-state index is 12.8. The van der Waals surface area contributed by atoms with E-state index in [0.29, 0.717) is 12.1 Å². The van der Waals surface area contributed by atoms with Gasteiger partial charge in [-0.05, 0) is 49.4 Å². The third-order valence-electron chi connectivity index (χ3n) is 4.04. The van der Waals surface area contributed by atoms with Gasteiger partial charge < -0.3 is 4.98 Å². The quantitative estimate of drug-likeness (QED) is 0.923. The predicted octanol–water partition coefficient (Wildman–Crippen LogP) is 2.09. The highest BCUT2D eigenvalue weighted by molar-refractivity contribution is 7.89. The van der Waals surface area contributed by atoms with Crippen molar-refractivity contribution in [3.05, 3.63) is 40.7 Å². The number of aromatic amines is 1. The number of hydrogen-bond acceptors (Lipinski definition) is 3. The molecule has 2 aromatic rings. The second kappa shape index (κ2) is 5.27. The molecule has 6 heteroatoms. The molecule has 5 nitrogen and oxygen atoms in total. The molecule has 0 saturated carbocycles. The number of nitrogens with zero attached hydrogens (tertiary/aromatic N) is 1. The standard InChI is InChI=1S/C15H18N2O3S/c1-11-4-2-3-9-17(11)21(19,20)13-6-7-14-12(10-13)5-8-15(18)16-14/h5-8,10-11H,2-4,9H2,1H3,(H,16,18). The summed E-state index contributed by atoms with van der Waals surface area (Å²) in [6.07, 6.45) is 2.89. The van der Waals surface area contributed by atoms with Crippen LogP contribution in [0.5, 0.6) is 0 Å². The van der Waals surface area contributed by atoms with Crippen molar-refractivity contribution in [1.29, 1.82) is 0 Å². The van der Waals surface area contributed by atoms with Crippen LogP contribution in [0.1, 0.15) is 26.2 Å². The number of piperidine rings is 1. The van der Waals surface area contributed by atoms with Gasteiger partial charge >= 0.3 is 0 Å². The molecule has 1 aliphatic rings. The van der Waals surface area contributed by atoms with Crippen LogP contribution in [0.25, 0.3) is 10.9 Å². The largest absolute Gasteiger partial charge is 0.322 e. The molecule has 1 aliphatic heterocycles. The van der Waals surface area contributed by atoms with Crippen LogP contribution in [0.4, 0.5) is 0 Å². The van der Waals surface area contributed by atoms with Crippen LogP contribution in [0.15, 0.2) is 40.0 Å². The summed E-state index contributed by atoms with van der Waals surface area (Å²) in [6.45, 7) is 2.53. The number of H-pyrrole nitrogens is 1. The van der Waals surface area contributed by atoms with Gasteiger partial charge in [0.2, 0.25) is 15.6 Å². The number of fused-ring (bicyclic) bond motifs is 1. The van der Waals surface area contributed by atoms with Crippen molar-refractivity contribution in [3.63, 3.8) is 0 Å².